The molecule has 3 rings (SSSR count). The van der Waals surface area contributed by atoms with Gasteiger partial charge in [-0.1, -0.05) is 104 Å². The molecule has 0 saturated carbocycles. The molecular formula is C25H26O2Si. The van der Waals surface area contributed by atoms with Gasteiger partial charge in [0.1, 0.15) is 5.73 Å². The van der Waals surface area contributed by atoms with Crippen molar-refractivity contribution in [3.8, 4) is 0 Å². The van der Waals surface area contributed by atoms with Gasteiger partial charge in [-0.3, -0.25) is 0 Å². The number of ether oxygens (including phenoxy) is 1. The van der Waals surface area contributed by atoms with Crippen molar-refractivity contribution in [1.82, 2.24) is 0 Å². The molecule has 3 aromatic carbocycles. The van der Waals surface area contributed by atoms with Gasteiger partial charge in [-0.2, -0.15) is 0 Å². The number of hydrogen-bond acceptors (Lipinski definition) is 2. The molecule has 0 N–H and O–H groups in total. The van der Waals surface area contributed by atoms with Crippen LogP contribution in [0.25, 0.3) is 0 Å². The van der Waals surface area contributed by atoms with E-state index in [1.165, 1.54) is 15.6 Å². The van der Waals surface area contributed by atoms with E-state index in [-0.39, 0.29) is 11.7 Å². The molecule has 0 amide bonds. The zero-order valence-corrected chi connectivity index (χ0v) is 17.5. The molecule has 3 heteroatoms. The average Bonchev–Trinajstić information content (AvgIpc) is 2.75. The van der Waals surface area contributed by atoms with Crippen molar-refractivity contribution in [2.45, 2.75) is 26.0 Å². The van der Waals surface area contributed by atoms with Crippen LogP contribution in [0.4, 0.5) is 0 Å². The first-order valence-electron chi connectivity index (χ1n) is 9.63. The van der Waals surface area contributed by atoms with E-state index < -0.39 is 8.07 Å². The van der Waals surface area contributed by atoms with E-state index in [1.807, 2.05) is 18.2 Å². The molecule has 0 spiro atoms. The Balaban J connectivity index is 2.33. The molecule has 0 bridgehead atoms. The molecule has 0 radical (unpaired) electrons. The molecule has 0 saturated heterocycles. The number of carbonyl (C=O) groups is 1. The zero-order valence-electron chi connectivity index (χ0n) is 16.5. The molecular weight excluding hydrogens is 360 g/mol. The van der Waals surface area contributed by atoms with E-state index in [9.17, 15) is 4.79 Å². The zero-order chi connectivity index (χ0) is 20.0. The molecule has 3 aromatic rings. The van der Waals surface area contributed by atoms with Gasteiger partial charge in [0.05, 0.1) is 0 Å². The Hall–Kier alpha value is -2.91. The van der Waals surface area contributed by atoms with Gasteiger partial charge in [-0.05, 0) is 28.9 Å². The third-order valence-electron chi connectivity index (χ3n) is 5.14. The Morgan fingerprint density at radius 2 is 1.18 bits per heavy atom. The fraction of sp³-hybridized carbons (Fsp3) is 0.160. The molecule has 0 heterocycles. The molecule has 142 valence electrons. The maximum absolute atomic E-state index is 12.6. The topological polar surface area (TPSA) is 26.3 Å². The highest BCUT2D eigenvalue weighted by molar-refractivity contribution is 7.12. The van der Waals surface area contributed by atoms with Crippen LogP contribution >= 0.6 is 0 Å². The first kappa shape index (κ1) is 19.8. The summed E-state index contributed by atoms with van der Waals surface area (Å²) in [5.74, 6) is -0.327. The highest BCUT2D eigenvalue weighted by atomic mass is 28.3. The van der Waals surface area contributed by atoms with Crippen LogP contribution in [0.15, 0.2) is 103 Å². The van der Waals surface area contributed by atoms with Crippen LogP contribution in [-0.4, -0.2) is 19.8 Å². The second kappa shape index (κ2) is 8.85. The van der Waals surface area contributed by atoms with Gasteiger partial charge in [0.2, 0.25) is 0 Å². The van der Waals surface area contributed by atoms with Crippen LogP contribution in [0, 0.1) is 0 Å². The Kier molecular flexibility index (Phi) is 6.27. The minimum atomic E-state index is -2.65. The summed E-state index contributed by atoms with van der Waals surface area (Å²) in [7, 11) is -2.65. The molecule has 28 heavy (non-hydrogen) atoms. The number of carbonyl (C=O) groups excluding carboxylic acids is 1. The smallest absolute Gasteiger partial charge is 0.333 e. The first-order valence-corrected chi connectivity index (χ1v) is 11.7. The summed E-state index contributed by atoms with van der Waals surface area (Å²) >= 11 is 0. The number of esters is 1. The second-order valence-corrected chi connectivity index (χ2v) is 11.0. The van der Waals surface area contributed by atoms with Gasteiger partial charge in [-0.25, -0.2) is 4.79 Å². The largest absolute Gasteiger partial charge is 0.462 e. The molecule has 0 aliphatic heterocycles. The van der Waals surface area contributed by atoms with Crippen molar-refractivity contribution in [2.75, 3.05) is 0 Å². The van der Waals surface area contributed by atoms with Gasteiger partial charge in [0, 0.05) is 5.57 Å². The monoisotopic (exact) mass is 386 g/mol. The lowest BCUT2D eigenvalue weighted by Crippen LogP contribution is -2.74. The minimum Gasteiger partial charge on any atom is -0.462 e. The summed E-state index contributed by atoms with van der Waals surface area (Å²) in [6, 6.07) is 31.5. The highest BCUT2D eigenvalue weighted by Crippen LogP contribution is 2.19. The Bertz CT molecular complexity index is 824. The first-order chi connectivity index (χ1) is 13.6. The maximum atomic E-state index is 12.6. The fourth-order valence-corrected chi connectivity index (χ4v) is 9.03. The highest BCUT2D eigenvalue weighted by Gasteiger charge is 2.48. The average molecular weight is 387 g/mol. The Morgan fingerprint density at radius 3 is 1.46 bits per heavy atom. The Morgan fingerprint density at radius 1 is 0.821 bits per heavy atom. The lowest BCUT2D eigenvalue weighted by atomic mass is 10.3. The number of hydrogen-bond donors (Lipinski definition) is 0. The summed E-state index contributed by atoms with van der Waals surface area (Å²) in [4.78, 5) is 12.6. The van der Waals surface area contributed by atoms with E-state index in [0.29, 0.717) is 5.57 Å². The van der Waals surface area contributed by atoms with Crippen LogP contribution in [-0.2, 0) is 9.53 Å². The number of rotatable bonds is 7. The summed E-state index contributed by atoms with van der Waals surface area (Å²) in [5, 5.41) is 3.69. The molecule has 0 aliphatic rings. The van der Waals surface area contributed by atoms with Gasteiger partial charge in [0.15, 0.2) is 8.07 Å². The van der Waals surface area contributed by atoms with Crippen molar-refractivity contribution < 1.29 is 9.53 Å². The summed E-state index contributed by atoms with van der Waals surface area (Å²) in [5.41, 5.74) is 0.180. The van der Waals surface area contributed by atoms with Crippen LogP contribution in [0.1, 0.15) is 20.3 Å². The van der Waals surface area contributed by atoms with E-state index in [2.05, 4.69) is 86.3 Å². The van der Waals surface area contributed by atoms with Crippen LogP contribution in [0.3, 0.4) is 0 Å². The standard InChI is InChI=1S/C25H26O2Si/c1-4-24(27-25(26)20(2)3)28(21-14-8-5-9-15-21,22-16-10-6-11-17-22)23-18-12-7-13-19-23/h5-19,24H,2,4H2,1,3H3. The molecule has 1 atom stereocenters. The molecule has 0 aromatic heterocycles. The minimum absolute atomic E-state index is 0.246. The third-order valence-corrected chi connectivity index (χ3v) is 10.4. The van der Waals surface area contributed by atoms with Gasteiger partial charge in [0.25, 0.3) is 0 Å². The SMILES string of the molecule is C=C(C)C(=O)OC(CC)[Si](c1ccccc1)(c1ccccc1)c1ccccc1. The summed E-state index contributed by atoms with van der Waals surface area (Å²) in [6.45, 7) is 7.57. The predicted octanol–water partition coefficient (Wildman–Crippen LogP) is 3.59. The predicted molar refractivity (Wildman–Crippen MR) is 119 cm³/mol. The Labute approximate surface area is 168 Å². The maximum Gasteiger partial charge on any atom is 0.333 e. The summed E-state index contributed by atoms with van der Waals surface area (Å²) in [6.07, 6.45) is 0.726. The van der Waals surface area contributed by atoms with E-state index >= 15 is 0 Å². The van der Waals surface area contributed by atoms with E-state index in [4.69, 9.17) is 4.74 Å². The van der Waals surface area contributed by atoms with Crippen molar-refractivity contribution in [1.29, 1.82) is 0 Å². The van der Waals surface area contributed by atoms with Crippen LogP contribution in [0.5, 0.6) is 0 Å². The quantitative estimate of drug-likeness (QED) is 0.268. The second-order valence-electron chi connectivity index (χ2n) is 6.99. The fourth-order valence-electron chi connectivity index (χ4n) is 3.87. The normalized spacial score (nSPS) is 12.2. The van der Waals surface area contributed by atoms with Crippen molar-refractivity contribution >= 4 is 29.6 Å². The lowest BCUT2D eigenvalue weighted by molar-refractivity contribution is -0.141. The van der Waals surface area contributed by atoms with Gasteiger partial charge in [-0.15, -0.1) is 0 Å². The third kappa shape index (κ3) is 3.71. The molecule has 1 unspecified atom stereocenters. The van der Waals surface area contributed by atoms with Crippen molar-refractivity contribution in [3.63, 3.8) is 0 Å². The van der Waals surface area contributed by atoms with Crippen molar-refractivity contribution in [3.05, 3.63) is 103 Å². The molecule has 0 fully saturated rings. The van der Waals surface area contributed by atoms with Gasteiger partial charge >= 0.3 is 5.97 Å². The van der Waals surface area contributed by atoms with Crippen LogP contribution < -0.4 is 15.6 Å². The number of benzene rings is 3. The lowest BCUT2D eigenvalue weighted by Gasteiger charge is -2.39. The van der Waals surface area contributed by atoms with Gasteiger partial charge < -0.3 is 4.74 Å². The molecule has 0 aliphatic carbocycles. The van der Waals surface area contributed by atoms with Crippen molar-refractivity contribution in [2.24, 2.45) is 0 Å². The van der Waals surface area contributed by atoms with E-state index in [1.54, 1.807) is 6.92 Å². The summed E-state index contributed by atoms with van der Waals surface area (Å²) < 4.78 is 6.11. The molecule has 2 nitrogen and oxygen atoms in total. The van der Waals surface area contributed by atoms with Crippen LogP contribution in [0.2, 0.25) is 0 Å². The van der Waals surface area contributed by atoms with E-state index in [0.717, 1.165) is 6.42 Å².